The molecule has 21 heavy (non-hydrogen) atoms. The van der Waals surface area contributed by atoms with E-state index in [4.69, 9.17) is 20.4 Å². The molecule has 4 rings (SSSR count). The quantitative estimate of drug-likeness (QED) is 0.471. The first-order valence-corrected chi connectivity index (χ1v) is 6.80. The molecule has 0 aliphatic heterocycles. The van der Waals surface area contributed by atoms with Crippen molar-refractivity contribution in [1.29, 1.82) is 0 Å². The van der Waals surface area contributed by atoms with Gasteiger partial charge in [0.25, 0.3) is 0 Å². The standard InChI is InChI=1S/C17H9ClO3/c18-14-4-2-1-3-11(14)13-9-20-16-8-15-10(7-12(13)16)5-6-17(19)21-15/h1-9H. The van der Waals surface area contributed by atoms with Crippen LogP contribution >= 0.6 is 11.6 Å². The van der Waals surface area contributed by atoms with Crippen LogP contribution in [0.15, 0.2) is 68.4 Å². The summed E-state index contributed by atoms with van der Waals surface area (Å²) in [6.07, 6.45) is 1.67. The van der Waals surface area contributed by atoms with E-state index in [2.05, 4.69) is 0 Å². The normalized spacial score (nSPS) is 11.3. The van der Waals surface area contributed by atoms with Gasteiger partial charge in [-0.3, -0.25) is 0 Å². The number of fused-ring (bicyclic) bond motifs is 2. The van der Waals surface area contributed by atoms with Crippen LogP contribution in [0.3, 0.4) is 0 Å². The number of rotatable bonds is 1. The Morgan fingerprint density at radius 2 is 1.76 bits per heavy atom. The van der Waals surface area contributed by atoms with Crippen LogP contribution in [0.4, 0.5) is 0 Å². The zero-order chi connectivity index (χ0) is 14.4. The maximum Gasteiger partial charge on any atom is 0.336 e. The molecule has 4 aromatic rings. The fraction of sp³-hybridized carbons (Fsp3) is 0. The second-order valence-electron chi connectivity index (χ2n) is 4.77. The van der Waals surface area contributed by atoms with E-state index < -0.39 is 0 Å². The van der Waals surface area contributed by atoms with Gasteiger partial charge in [0.15, 0.2) is 0 Å². The van der Waals surface area contributed by atoms with Crippen LogP contribution < -0.4 is 5.63 Å². The number of hydrogen-bond donors (Lipinski definition) is 0. The predicted molar refractivity (Wildman–Crippen MR) is 82.7 cm³/mol. The highest BCUT2D eigenvalue weighted by Crippen LogP contribution is 2.36. The molecule has 102 valence electrons. The van der Waals surface area contributed by atoms with Crippen molar-refractivity contribution in [2.45, 2.75) is 0 Å². The molecule has 0 saturated heterocycles. The minimum absolute atomic E-state index is 0.375. The minimum atomic E-state index is -0.375. The molecule has 0 atom stereocenters. The lowest BCUT2D eigenvalue weighted by Gasteiger charge is -2.02. The molecular weight excluding hydrogens is 288 g/mol. The third-order valence-corrected chi connectivity index (χ3v) is 3.81. The molecule has 0 aliphatic rings. The largest absolute Gasteiger partial charge is 0.464 e. The Morgan fingerprint density at radius 1 is 0.905 bits per heavy atom. The first-order chi connectivity index (χ1) is 10.2. The molecular formula is C17H9ClO3. The molecule has 0 N–H and O–H groups in total. The van der Waals surface area contributed by atoms with Gasteiger partial charge in [0.2, 0.25) is 0 Å². The summed E-state index contributed by atoms with van der Waals surface area (Å²) in [5.74, 6) is 0. The average molecular weight is 297 g/mol. The van der Waals surface area contributed by atoms with Crippen LogP contribution in [0.25, 0.3) is 33.1 Å². The summed E-state index contributed by atoms with van der Waals surface area (Å²) in [7, 11) is 0. The fourth-order valence-electron chi connectivity index (χ4n) is 2.48. The van der Waals surface area contributed by atoms with Crippen molar-refractivity contribution < 1.29 is 8.83 Å². The highest BCUT2D eigenvalue weighted by atomic mass is 35.5. The van der Waals surface area contributed by atoms with E-state index >= 15 is 0 Å². The molecule has 2 aromatic carbocycles. The summed E-state index contributed by atoms with van der Waals surface area (Å²) in [5, 5.41) is 2.45. The van der Waals surface area contributed by atoms with Gasteiger partial charge in [-0.1, -0.05) is 29.8 Å². The Kier molecular flexibility index (Phi) is 2.62. The zero-order valence-electron chi connectivity index (χ0n) is 10.8. The molecule has 2 aromatic heterocycles. The monoisotopic (exact) mass is 296 g/mol. The number of halogens is 1. The van der Waals surface area contributed by atoms with E-state index in [-0.39, 0.29) is 5.63 Å². The van der Waals surface area contributed by atoms with Gasteiger partial charge in [0.05, 0.1) is 6.26 Å². The first-order valence-electron chi connectivity index (χ1n) is 6.42. The van der Waals surface area contributed by atoms with Gasteiger partial charge < -0.3 is 8.83 Å². The molecule has 0 unspecified atom stereocenters. The van der Waals surface area contributed by atoms with Gasteiger partial charge in [-0.05, 0) is 18.2 Å². The van der Waals surface area contributed by atoms with Crippen molar-refractivity contribution in [3.8, 4) is 11.1 Å². The summed E-state index contributed by atoms with van der Waals surface area (Å²) in [4.78, 5) is 11.3. The van der Waals surface area contributed by atoms with Crippen molar-refractivity contribution in [2.75, 3.05) is 0 Å². The van der Waals surface area contributed by atoms with E-state index in [0.717, 1.165) is 21.9 Å². The van der Waals surface area contributed by atoms with E-state index in [0.29, 0.717) is 16.2 Å². The lowest BCUT2D eigenvalue weighted by molar-refractivity contribution is 0.559. The number of hydrogen-bond acceptors (Lipinski definition) is 3. The third-order valence-electron chi connectivity index (χ3n) is 3.48. The maximum atomic E-state index is 11.3. The molecule has 0 amide bonds. The molecule has 0 spiro atoms. The lowest BCUT2D eigenvalue weighted by atomic mass is 10.0. The SMILES string of the molecule is O=c1ccc2cc3c(-c4ccccc4Cl)coc3cc2o1. The maximum absolute atomic E-state index is 11.3. The molecule has 4 heteroatoms. The van der Waals surface area contributed by atoms with Gasteiger partial charge in [0, 0.05) is 39.1 Å². The molecule has 3 nitrogen and oxygen atoms in total. The van der Waals surface area contributed by atoms with Crippen molar-refractivity contribution >= 4 is 33.5 Å². The zero-order valence-corrected chi connectivity index (χ0v) is 11.6. The molecule has 0 fully saturated rings. The molecule has 0 bridgehead atoms. The Balaban J connectivity index is 2.06. The topological polar surface area (TPSA) is 43.4 Å². The third kappa shape index (κ3) is 1.94. The Bertz CT molecular complexity index is 1030. The molecule has 0 saturated carbocycles. The van der Waals surface area contributed by atoms with Crippen LogP contribution in [-0.2, 0) is 0 Å². The Labute approximate surface area is 124 Å². The summed E-state index contributed by atoms with van der Waals surface area (Å²) in [5.41, 5.74) is 2.62. The summed E-state index contributed by atoms with van der Waals surface area (Å²) in [6.45, 7) is 0. The van der Waals surface area contributed by atoms with Crippen LogP contribution in [0, 0.1) is 0 Å². The second-order valence-corrected chi connectivity index (χ2v) is 5.18. The van der Waals surface area contributed by atoms with Crippen molar-refractivity contribution in [1.82, 2.24) is 0 Å². The average Bonchev–Trinajstić information content (AvgIpc) is 2.88. The van der Waals surface area contributed by atoms with Gasteiger partial charge in [0.1, 0.15) is 11.2 Å². The molecule has 0 aliphatic carbocycles. The van der Waals surface area contributed by atoms with Crippen LogP contribution in [0.1, 0.15) is 0 Å². The van der Waals surface area contributed by atoms with E-state index in [1.165, 1.54) is 6.07 Å². The van der Waals surface area contributed by atoms with Crippen molar-refractivity contribution in [3.05, 3.63) is 70.2 Å². The number of furan rings is 1. The minimum Gasteiger partial charge on any atom is -0.464 e. The van der Waals surface area contributed by atoms with Crippen molar-refractivity contribution in [2.24, 2.45) is 0 Å². The van der Waals surface area contributed by atoms with E-state index in [1.54, 1.807) is 18.4 Å². The molecule has 2 heterocycles. The summed E-state index contributed by atoms with van der Waals surface area (Å²) >= 11 is 6.25. The highest BCUT2D eigenvalue weighted by molar-refractivity contribution is 6.33. The van der Waals surface area contributed by atoms with Gasteiger partial charge in [-0.25, -0.2) is 4.79 Å². The first kappa shape index (κ1) is 12.2. The Morgan fingerprint density at radius 3 is 2.62 bits per heavy atom. The van der Waals surface area contributed by atoms with Crippen LogP contribution in [0.2, 0.25) is 5.02 Å². The van der Waals surface area contributed by atoms with Crippen LogP contribution in [-0.4, -0.2) is 0 Å². The highest BCUT2D eigenvalue weighted by Gasteiger charge is 2.12. The van der Waals surface area contributed by atoms with Gasteiger partial charge >= 0.3 is 5.63 Å². The van der Waals surface area contributed by atoms with Crippen molar-refractivity contribution in [3.63, 3.8) is 0 Å². The van der Waals surface area contributed by atoms with E-state index in [1.807, 2.05) is 30.3 Å². The lowest BCUT2D eigenvalue weighted by Crippen LogP contribution is -1.93. The molecule has 0 radical (unpaired) electrons. The van der Waals surface area contributed by atoms with Gasteiger partial charge in [-0.2, -0.15) is 0 Å². The van der Waals surface area contributed by atoms with Crippen LogP contribution in [0.5, 0.6) is 0 Å². The number of benzene rings is 2. The Hall–Kier alpha value is -2.52. The van der Waals surface area contributed by atoms with E-state index in [9.17, 15) is 4.79 Å². The summed E-state index contributed by atoms with van der Waals surface area (Å²) < 4.78 is 10.8. The summed E-state index contributed by atoms with van der Waals surface area (Å²) in [6, 6.07) is 14.4. The fourth-order valence-corrected chi connectivity index (χ4v) is 2.72. The second kappa shape index (κ2) is 4.50. The predicted octanol–water partition coefficient (Wildman–Crippen LogP) is 4.86. The van der Waals surface area contributed by atoms with Gasteiger partial charge in [-0.15, -0.1) is 0 Å². The smallest absolute Gasteiger partial charge is 0.336 e.